The Morgan fingerprint density at radius 2 is 1.96 bits per heavy atom. The lowest BCUT2D eigenvalue weighted by molar-refractivity contribution is 1.08. The average molecular weight is 366 g/mol. The summed E-state index contributed by atoms with van der Waals surface area (Å²) in [6.07, 6.45) is 7.18. The third kappa shape index (κ3) is 3.24. The normalized spacial score (nSPS) is 11.4. The molecule has 122 valence electrons. The summed E-state index contributed by atoms with van der Waals surface area (Å²) in [4.78, 5) is 21.9. The highest BCUT2D eigenvalue weighted by Gasteiger charge is 2.10. The highest BCUT2D eigenvalue weighted by atomic mass is 35.5. The molecule has 0 amide bonds. The lowest BCUT2D eigenvalue weighted by Crippen LogP contribution is -2.13. The zero-order valence-electron chi connectivity index (χ0n) is 13.0. The largest absolute Gasteiger partial charge is 0.269 e. The number of pyridine rings is 1. The van der Waals surface area contributed by atoms with E-state index in [1.54, 1.807) is 16.8 Å². The van der Waals surface area contributed by atoms with Crippen LogP contribution >= 0.6 is 22.9 Å². The second-order valence-electron chi connectivity index (χ2n) is 5.38. The molecule has 0 aliphatic heterocycles. The van der Waals surface area contributed by atoms with Gasteiger partial charge in [-0.2, -0.15) is 0 Å². The van der Waals surface area contributed by atoms with E-state index >= 15 is 0 Å². The standard InChI is InChI=1S/C19H12ClN3OS/c20-15-6-4-14(5-7-15)17-12-25-19-22-16(10-18(24)23(17)19)8-3-13-2-1-9-21-11-13/h1-12H. The van der Waals surface area contributed by atoms with Crippen molar-refractivity contribution in [3.63, 3.8) is 0 Å². The van der Waals surface area contributed by atoms with Crippen molar-refractivity contribution in [2.75, 3.05) is 0 Å². The van der Waals surface area contributed by atoms with E-state index in [1.807, 2.05) is 53.9 Å². The Kier molecular flexibility index (Phi) is 4.17. The van der Waals surface area contributed by atoms with Gasteiger partial charge in [-0.1, -0.05) is 35.9 Å². The maximum Gasteiger partial charge on any atom is 0.259 e. The van der Waals surface area contributed by atoms with E-state index in [0.717, 1.165) is 16.8 Å². The molecule has 0 aliphatic rings. The minimum absolute atomic E-state index is 0.109. The van der Waals surface area contributed by atoms with Crippen LogP contribution in [-0.4, -0.2) is 14.4 Å². The minimum Gasteiger partial charge on any atom is -0.269 e. The van der Waals surface area contributed by atoms with Gasteiger partial charge in [-0.25, -0.2) is 4.98 Å². The molecule has 0 saturated carbocycles. The molecule has 6 heteroatoms. The number of fused-ring (bicyclic) bond motifs is 1. The summed E-state index contributed by atoms with van der Waals surface area (Å²) >= 11 is 7.37. The summed E-state index contributed by atoms with van der Waals surface area (Å²) in [6, 6.07) is 12.8. The van der Waals surface area contributed by atoms with E-state index in [0.29, 0.717) is 15.7 Å². The highest BCUT2D eigenvalue weighted by molar-refractivity contribution is 7.15. The first kappa shape index (κ1) is 15.7. The van der Waals surface area contributed by atoms with Crippen LogP contribution in [-0.2, 0) is 0 Å². The molecular formula is C19H12ClN3OS. The monoisotopic (exact) mass is 365 g/mol. The third-order valence-corrected chi connectivity index (χ3v) is 4.77. The van der Waals surface area contributed by atoms with Crippen LogP contribution in [0.15, 0.2) is 65.0 Å². The van der Waals surface area contributed by atoms with E-state index in [1.165, 1.54) is 17.4 Å². The lowest BCUT2D eigenvalue weighted by atomic mass is 10.2. The van der Waals surface area contributed by atoms with Gasteiger partial charge in [-0.3, -0.25) is 14.2 Å². The van der Waals surface area contributed by atoms with Crippen molar-refractivity contribution in [2.24, 2.45) is 0 Å². The fourth-order valence-electron chi connectivity index (χ4n) is 2.50. The van der Waals surface area contributed by atoms with Gasteiger partial charge in [0, 0.05) is 28.9 Å². The number of aromatic nitrogens is 3. The maximum atomic E-state index is 12.6. The minimum atomic E-state index is -0.109. The van der Waals surface area contributed by atoms with E-state index in [-0.39, 0.29) is 5.56 Å². The van der Waals surface area contributed by atoms with Crippen molar-refractivity contribution in [1.29, 1.82) is 0 Å². The molecule has 4 nitrogen and oxygen atoms in total. The number of benzene rings is 1. The molecule has 0 bridgehead atoms. The van der Waals surface area contributed by atoms with Gasteiger partial charge in [0.15, 0.2) is 4.96 Å². The van der Waals surface area contributed by atoms with Crippen molar-refractivity contribution in [3.8, 4) is 11.3 Å². The molecule has 4 rings (SSSR count). The lowest BCUT2D eigenvalue weighted by Gasteiger charge is -2.02. The molecule has 0 spiro atoms. The Morgan fingerprint density at radius 3 is 2.72 bits per heavy atom. The molecule has 0 N–H and O–H groups in total. The van der Waals surface area contributed by atoms with Gasteiger partial charge in [-0.15, -0.1) is 11.3 Å². The summed E-state index contributed by atoms with van der Waals surface area (Å²) in [5.41, 5.74) is 3.22. The predicted octanol–water partition coefficient (Wildman–Crippen LogP) is 4.64. The van der Waals surface area contributed by atoms with E-state index < -0.39 is 0 Å². The van der Waals surface area contributed by atoms with Gasteiger partial charge in [0.2, 0.25) is 0 Å². The molecule has 4 aromatic rings. The summed E-state index contributed by atoms with van der Waals surface area (Å²) < 4.78 is 1.62. The number of halogens is 1. The fraction of sp³-hybridized carbons (Fsp3) is 0. The quantitative estimate of drug-likeness (QED) is 0.531. The van der Waals surface area contributed by atoms with Crippen LogP contribution < -0.4 is 5.56 Å². The number of hydrogen-bond donors (Lipinski definition) is 0. The molecule has 0 atom stereocenters. The molecule has 0 aliphatic carbocycles. The topological polar surface area (TPSA) is 47.3 Å². The van der Waals surface area contributed by atoms with Crippen LogP contribution in [0.3, 0.4) is 0 Å². The Morgan fingerprint density at radius 1 is 1.12 bits per heavy atom. The molecule has 25 heavy (non-hydrogen) atoms. The van der Waals surface area contributed by atoms with Crippen molar-refractivity contribution < 1.29 is 0 Å². The van der Waals surface area contributed by atoms with Crippen LogP contribution in [0, 0.1) is 0 Å². The highest BCUT2D eigenvalue weighted by Crippen LogP contribution is 2.25. The van der Waals surface area contributed by atoms with Crippen molar-refractivity contribution >= 4 is 40.1 Å². The van der Waals surface area contributed by atoms with Gasteiger partial charge >= 0.3 is 0 Å². The Bertz CT molecular complexity index is 1120. The van der Waals surface area contributed by atoms with Gasteiger partial charge in [0.1, 0.15) is 0 Å². The summed E-state index contributed by atoms with van der Waals surface area (Å²) in [7, 11) is 0. The molecule has 0 radical (unpaired) electrons. The first-order chi connectivity index (χ1) is 12.2. The first-order valence-corrected chi connectivity index (χ1v) is 8.82. The average Bonchev–Trinajstić information content (AvgIpc) is 3.06. The Balaban J connectivity index is 1.76. The molecule has 3 heterocycles. The van der Waals surface area contributed by atoms with Crippen LogP contribution in [0.5, 0.6) is 0 Å². The summed E-state index contributed by atoms with van der Waals surface area (Å²) in [5.74, 6) is 0. The van der Waals surface area contributed by atoms with Crippen LogP contribution in [0.4, 0.5) is 0 Å². The van der Waals surface area contributed by atoms with Gasteiger partial charge in [0.25, 0.3) is 5.56 Å². The zero-order valence-corrected chi connectivity index (χ0v) is 14.5. The predicted molar refractivity (Wildman–Crippen MR) is 103 cm³/mol. The van der Waals surface area contributed by atoms with Gasteiger partial charge in [-0.05, 0) is 35.4 Å². The Hall–Kier alpha value is -2.76. The fourth-order valence-corrected chi connectivity index (χ4v) is 3.54. The zero-order chi connectivity index (χ0) is 17.2. The number of hydrogen-bond acceptors (Lipinski definition) is 4. The SMILES string of the molecule is O=c1cc(C=Cc2cccnc2)nc2scc(-c3ccc(Cl)cc3)n12. The smallest absolute Gasteiger partial charge is 0.259 e. The van der Waals surface area contributed by atoms with E-state index in [9.17, 15) is 4.79 Å². The van der Waals surface area contributed by atoms with Crippen molar-refractivity contribution in [2.45, 2.75) is 0 Å². The second kappa shape index (κ2) is 6.63. The molecule has 3 aromatic heterocycles. The van der Waals surface area contributed by atoms with Crippen molar-refractivity contribution in [1.82, 2.24) is 14.4 Å². The first-order valence-electron chi connectivity index (χ1n) is 7.56. The summed E-state index contributed by atoms with van der Waals surface area (Å²) in [6.45, 7) is 0. The van der Waals surface area contributed by atoms with Crippen LogP contribution in [0.1, 0.15) is 11.3 Å². The molecule has 1 aromatic carbocycles. The van der Waals surface area contributed by atoms with Crippen LogP contribution in [0.2, 0.25) is 5.02 Å². The molecule has 0 saturated heterocycles. The number of nitrogens with zero attached hydrogens (tertiary/aromatic N) is 3. The van der Waals surface area contributed by atoms with Gasteiger partial charge < -0.3 is 0 Å². The number of thiazole rings is 1. The maximum absolute atomic E-state index is 12.6. The van der Waals surface area contributed by atoms with E-state index in [4.69, 9.17) is 11.6 Å². The molecule has 0 fully saturated rings. The van der Waals surface area contributed by atoms with Crippen molar-refractivity contribution in [3.05, 3.63) is 86.9 Å². The van der Waals surface area contributed by atoms with E-state index in [2.05, 4.69) is 9.97 Å². The Labute approximate surface area is 152 Å². The second-order valence-corrected chi connectivity index (χ2v) is 6.66. The van der Waals surface area contributed by atoms with Gasteiger partial charge in [0.05, 0.1) is 11.4 Å². The molecule has 0 unspecified atom stereocenters. The number of rotatable bonds is 3. The summed E-state index contributed by atoms with van der Waals surface area (Å²) in [5, 5.41) is 2.60. The third-order valence-electron chi connectivity index (χ3n) is 3.70. The van der Waals surface area contributed by atoms with Crippen LogP contribution in [0.25, 0.3) is 28.4 Å². The molecular weight excluding hydrogens is 354 g/mol.